The molecule has 90 valence electrons. The van der Waals surface area contributed by atoms with Gasteiger partial charge in [-0.3, -0.25) is 4.90 Å². The molecular formula is C13H16N2O2. The van der Waals surface area contributed by atoms with Crippen LogP contribution in [0.25, 0.3) is 0 Å². The van der Waals surface area contributed by atoms with Crippen molar-refractivity contribution >= 4 is 0 Å². The SMILES string of the molecule is CC1CN(C(C#N)c2cccc(O)c2)CCO1. The topological polar surface area (TPSA) is 56.5 Å². The summed E-state index contributed by atoms with van der Waals surface area (Å²) in [7, 11) is 0. The van der Waals surface area contributed by atoms with Crippen LogP contribution < -0.4 is 0 Å². The summed E-state index contributed by atoms with van der Waals surface area (Å²) in [4.78, 5) is 2.09. The van der Waals surface area contributed by atoms with Gasteiger partial charge in [-0.05, 0) is 24.6 Å². The van der Waals surface area contributed by atoms with Gasteiger partial charge < -0.3 is 9.84 Å². The van der Waals surface area contributed by atoms with E-state index in [4.69, 9.17) is 4.74 Å². The molecule has 1 N–H and O–H groups in total. The summed E-state index contributed by atoms with van der Waals surface area (Å²) in [6.45, 7) is 4.15. The van der Waals surface area contributed by atoms with Crippen molar-refractivity contribution in [3.63, 3.8) is 0 Å². The Morgan fingerprint density at radius 3 is 3.06 bits per heavy atom. The van der Waals surface area contributed by atoms with Gasteiger partial charge in [0.05, 0.1) is 18.8 Å². The van der Waals surface area contributed by atoms with Crippen LogP contribution in [0.1, 0.15) is 18.5 Å². The summed E-state index contributed by atoms with van der Waals surface area (Å²) in [5.74, 6) is 0.198. The Hall–Kier alpha value is -1.57. The molecule has 2 atom stereocenters. The van der Waals surface area contributed by atoms with Crippen LogP contribution in [0.2, 0.25) is 0 Å². The fraction of sp³-hybridized carbons (Fsp3) is 0.462. The standard InChI is InChI=1S/C13H16N2O2/c1-10-9-15(5-6-17-10)13(8-14)11-3-2-4-12(16)7-11/h2-4,7,10,13,16H,5-6,9H2,1H3. The van der Waals surface area contributed by atoms with Crippen molar-refractivity contribution in [3.05, 3.63) is 29.8 Å². The Labute approximate surface area is 101 Å². The maximum atomic E-state index is 9.46. The summed E-state index contributed by atoms with van der Waals surface area (Å²) in [5, 5.41) is 18.7. The quantitative estimate of drug-likeness (QED) is 0.842. The van der Waals surface area contributed by atoms with Gasteiger partial charge in [0, 0.05) is 13.1 Å². The molecule has 0 aromatic heterocycles. The molecule has 1 aliphatic heterocycles. The monoisotopic (exact) mass is 232 g/mol. The van der Waals surface area contributed by atoms with Crippen LogP contribution in [-0.4, -0.2) is 35.8 Å². The van der Waals surface area contributed by atoms with Gasteiger partial charge in [0.2, 0.25) is 0 Å². The van der Waals surface area contributed by atoms with Gasteiger partial charge in [0.25, 0.3) is 0 Å². The first kappa shape index (κ1) is 11.9. The summed E-state index contributed by atoms with van der Waals surface area (Å²) in [6.07, 6.45) is 0.150. The lowest BCUT2D eigenvalue weighted by atomic mass is 10.1. The van der Waals surface area contributed by atoms with Crippen molar-refractivity contribution < 1.29 is 9.84 Å². The van der Waals surface area contributed by atoms with E-state index in [1.54, 1.807) is 18.2 Å². The molecule has 0 spiro atoms. The fourth-order valence-electron chi connectivity index (χ4n) is 2.14. The summed E-state index contributed by atoms with van der Waals surface area (Å²) < 4.78 is 5.46. The lowest BCUT2D eigenvalue weighted by Crippen LogP contribution is -2.42. The summed E-state index contributed by atoms with van der Waals surface area (Å²) >= 11 is 0. The van der Waals surface area contributed by atoms with Crippen LogP contribution in [0.5, 0.6) is 5.75 Å². The number of morpholine rings is 1. The average Bonchev–Trinajstić information content (AvgIpc) is 2.30. The minimum atomic E-state index is -0.312. The predicted octanol–water partition coefficient (Wildman–Crippen LogP) is 1.68. The van der Waals surface area contributed by atoms with Crippen molar-refractivity contribution in [2.75, 3.05) is 19.7 Å². The van der Waals surface area contributed by atoms with Gasteiger partial charge in [-0.25, -0.2) is 0 Å². The zero-order valence-electron chi connectivity index (χ0n) is 9.84. The number of hydrogen-bond donors (Lipinski definition) is 1. The molecule has 0 aliphatic carbocycles. The molecule has 4 heteroatoms. The summed E-state index contributed by atoms with van der Waals surface area (Å²) in [5.41, 5.74) is 0.835. The normalized spacial score (nSPS) is 22.9. The van der Waals surface area contributed by atoms with Gasteiger partial charge in [-0.1, -0.05) is 12.1 Å². The van der Waals surface area contributed by atoms with E-state index in [-0.39, 0.29) is 17.9 Å². The van der Waals surface area contributed by atoms with Crippen molar-refractivity contribution in [1.82, 2.24) is 4.90 Å². The number of nitrogens with zero attached hydrogens (tertiary/aromatic N) is 2. The maximum absolute atomic E-state index is 9.46. The number of benzene rings is 1. The lowest BCUT2D eigenvalue weighted by Gasteiger charge is -2.34. The van der Waals surface area contributed by atoms with Crippen LogP contribution >= 0.6 is 0 Å². The van der Waals surface area contributed by atoms with E-state index in [9.17, 15) is 10.4 Å². The Balaban J connectivity index is 2.19. The van der Waals surface area contributed by atoms with Crippen LogP contribution in [0, 0.1) is 11.3 Å². The van der Waals surface area contributed by atoms with E-state index in [0.29, 0.717) is 6.61 Å². The smallest absolute Gasteiger partial charge is 0.124 e. The second-order valence-corrected chi connectivity index (χ2v) is 4.30. The number of phenols is 1. The third kappa shape index (κ3) is 2.76. The summed E-state index contributed by atoms with van der Waals surface area (Å²) in [6, 6.07) is 8.87. The number of hydrogen-bond acceptors (Lipinski definition) is 4. The Morgan fingerprint density at radius 1 is 1.59 bits per heavy atom. The zero-order valence-corrected chi connectivity index (χ0v) is 9.84. The largest absolute Gasteiger partial charge is 0.508 e. The van der Waals surface area contributed by atoms with E-state index in [0.717, 1.165) is 18.7 Å². The first-order chi connectivity index (χ1) is 8.20. The second kappa shape index (κ2) is 5.17. The van der Waals surface area contributed by atoms with Crippen molar-refractivity contribution in [2.45, 2.75) is 19.1 Å². The van der Waals surface area contributed by atoms with Gasteiger partial charge in [0.1, 0.15) is 11.8 Å². The molecule has 1 aromatic rings. The van der Waals surface area contributed by atoms with Crippen LogP contribution in [0.15, 0.2) is 24.3 Å². The van der Waals surface area contributed by atoms with Gasteiger partial charge in [0.15, 0.2) is 0 Å². The number of nitriles is 1. The predicted molar refractivity (Wildman–Crippen MR) is 63.4 cm³/mol. The number of aromatic hydroxyl groups is 1. The zero-order chi connectivity index (χ0) is 12.3. The van der Waals surface area contributed by atoms with E-state index in [1.807, 2.05) is 13.0 Å². The molecule has 17 heavy (non-hydrogen) atoms. The van der Waals surface area contributed by atoms with Gasteiger partial charge in [-0.15, -0.1) is 0 Å². The minimum absolute atomic E-state index is 0.150. The molecule has 4 nitrogen and oxygen atoms in total. The van der Waals surface area contributed by atoms with Crippen molar-refractivity contribution in [1.29, 1.82) is 5.26 Å². The molecule has 0 radical (unpaired) electrons. The van der Waals surface area contributed by atoms with Crippen LogP contribution in [0.3, 0.4) is 0 Å². The first-order valence-corrected chi connectivity index (χ1v) is 5.75. The molecule has 1 saturated heterocycles. The molecule has 1 aliphatic rings. The molecule has 2 rings (SSSR count). The van der Waals surface area contributed by atoms with E-state index in [1.165, 1.54) is 0 Å². The molecular weight excluding hydrogens is 216 g/mol. The molecule has 0 amide bonds. The third-order valence-corrected chi connectivity index (χ3v) is 2.95. The highest BCUT2D eigenvalue weighted by Crippen LogP contribution is 2.24. The highest BCUT2D eigenvalue weighted by molar-refractivity contribution is 5.32. The fourth-order valence-corrected chi connectivity index (χ4v) is 2.14. The third-order valence-electron chi connectivity index (χ3n) is 2.95. The molecule has 0 bridgehead atoms. The van der Waals surface area contributed by atoms with E-state index < -0.39 is 0 Å². The van der Waals surface area contributed by atoms with Crippen molar-refractivity contribution in [3.8, 4) is 11.8 Å². The van der Waals surface area contributed by atoms with Gasteiger partial charge in [-0.2, -0.15) is 5.26 Å². The van der Waals surface area contributed by atoms with E-state index in [2.05, 4.69) is 11.0 Å². The number of rotatable bonds is 2. The highest BCUT2D eigenvalue weighted by Gasteiger charge is 2.25. The Kier molecular flexibility index (Phi) is 3.62. The first-order valence-electron chi connectivity index (χ1n) is 5.75. The molecule has 1 heterocycles. The number of phenolic OH excluding ortho intramolecular Hbond substituents is 1. The van der Waals surface area contributed by atoms with E-state index >= 15 is 0 Å². The number of ether oxygens (including phenoxy) is 1. The molecule has 1 fully saturated rings. The van der Waals surface area contributed by atoms with Crippen LogP contribution in [-0.2, 0) is 4.74 Å². The average molecular weight is 232 g/mol. The highest BCUT2D eigenvalue weighted by atomic mass is 16.5. The molecule has 2 unspecified atom stereocenters. The van der Waals surface area contributed by atoms with Crippen LogP contribution in [0.4, 0.5) is 0 Å². The Bertz CT molecular complexity index is 428. The Morgan fingerprint density at radius 2 is 2.41 bits per heavy atom. The second-order valence-electron chi connectivity index (χ2n) is 4.30. The maximum Gasteiger partial charge on any atom is 0.124 e. The minimum Gasteiger partial charge on any atom is -0.508 e. The van der Waals surface area contributed by atoms with Gasteiger partial charge >= 0.3 is 0 Å². The lowest BCUT2D eigenvalue weighted by molar-refractivity contribution is -0.0269. The molecule has 0 saturated carbocycles. The molecule has 1 aromatic carbocycles. The van der Waals surface area contributed by atoms with Crippen molar-refractivity contribution in [2.24, 2.45) is 0 Å².